The van der Waals surface area contributed by atoms with Gasteiger partial charge in [-0.2, -0.15) is 0 Å². The summed E-state index contributed by atoms with van der Waals surface area (Å²) < 4.78 is 26.0. The number of aromatic nitrogens is 1. The van der Waals surface area contributed by atoms with Crippen molar-refractivity contribution in [1.82, 2.24) is 10.1 Å². The number of anilines is 1. The van der Waals surface area contributed by atoms with Crippen molar-refractivity contribution < 1.29 is 18.4 Å². The van der Waals surface area contributed by atoms with E-state index in [1.54, 1.807) is 18.2 Å². The van der Waals surface area contributed by atoms with Crippen molar-refractivity contribution >= 4 is 11.8 Å². The molecule has 4 rings (SSSR count). The number of halogens is 1. The van der Waals surface area contributed by atoms with Crippen molar-refractivity contribution in [2.75, 3.05) is 37.7 Å². The van der Waals surface area contributed by atoms with Gasteiger partial charge < -0.3 is 19.1 Å². The second-order valence-corrected chi connectivity index (χ2v) is 8.67. The third-order valence-corrected chi connectivity index (χ3v) is 5.83. The second-order valence-electron chi connectivity index (χ2n) is 8.67. The van der Waals surface area contributed by atoms with Crippen molar-refractivity contribution in [2.45, 2.75) is 26.8 Å². The Morgan fingerprint density at radius 1 is 1.09 bits per heavy atom. The van der Waals surface area contributed by atoms with Gasteiger partial charge in [0.05, 0.1) is 25.3 Å². The van der Waals surface area contributed by atoms with Crippen molar-refractivity contribution in [1.29, 1.82) is 0 Å². The molecule has 6 nitrogen and oxygen atoms in total. The highest BCUT2D eigenvalue weighted by Gasteiger charge is 2.28. The number of benzene rings is 2. The van der Waals surface area contributed by atoms with Crippen LogP contribution in [-0.4, -0.2) is 48.8 Å². The quantitative estimate of drug-likeness (QED) is 0.482. The summed E-state index contributed by atoms with van der Waals surface area (Å²) in [6, 6.07) is 15.8. The number of rotatable bonds is 8. The predicted molar refractivity (Wildman–Crippen MR) is 126 cm³/mol. The van der Waals surface area contributed by atoms with Crippen molar-refractivity contribution in [3.05, 3.63) is 71.5 Å². The van der Waals surface area contributed by atoms with Crippen LogP contribution in [0.5, 0.6) is 0 Å². The van der Waals surface area contributed by atoms with Crippen molar-refractivity contribution in [3.8, 4) is 11.3 Å². The van der Waals surface area contributed by atoms with Crippen LogP contribution in [0, 0.1) is 11.7 Å². The largest absolute Gasteiger partial charge is 0.378 e. The Morgan fingerprint density at radius 3 is 2.48 bits per heavy atom. The molecule has 1 amide bonds. The molecule has 2 heterocycles. The zero-order valence-corrected chi connectivity index (χ0v) is 19.2. The molecule has 3 aromatic rings. The van der Waals surface area contributed by atoms with E-state index in [9.17, 15) is 9.18 Å². The molecule has 174 valence electrons. The molecule has 0 saturated carbocycles. The Morgan fingerprint density at radius 2 is 1.79 bits per heavy atom. The Labute approximate surface area is 193 Å². The smallest absolute Gasteiger partial charge is 0.254 e. The summed E-state index contributed by atoms with van der Waals surface area (Å²) in [4.78, 5) is 17.3. The third kappa shape index (κ3) is 5.42. The number of morpholine rings is 1. The molecule has 2 aromatic carbocycles. The summed E-state index contributed by atoms with van der Waals surface area (Å²) in [5, 5.41) is 4.27. The lowest BCUT2D eigenvalue weighted by Gasteiger charge is -2.29. The molecular formula is C26H30FN3O3. The van der Waals surface area contributed by atoms with Gasteiger partial charge in [-0.3, -0.25) is 4.79 Å². The standard InChI is InChI=1S/C26H30FN3O3/c1-19(2)12-13-30(25(31)20-8-4-3-5-9-20)18-22-24(21-10-6-7-11-23(21)27)28-33-26(22)29-14-16-32-17-15-29/h3-11,19H,12-18H2,1-2H3. The van der Waals surface area contributed by atoms with Gasteiger partial charge in [0.15, 0.2) is 0 Å². The molecule has 0 unspecified atom stereocenters. The molecule has 1 aliphatic rings. The summed E-state index contributed by atoms with van der Waals surface area (Å²) >= 11 is 0. The van der Waals surface area contributed by atoms with Gasteiger partial charge in [-0.05, 0) is 36.6 Å². The third-order valence-electron chi connectivity index (χ3n) is 5.83. The molecule has 0 atom stereocenters. The maximum atomic E-state index is 14.7. The number of carbonyl (C=O) groups excluding carboxylic acids is 1. The lowest BCUT2D eigenvalue weighted by atomic mass is 10.0. The van der Waals surface area contributed by atoms with Gasteiger partial charge in [-0.1, -0.05) is 49.3 Å². The topological polar surface area (TPSA) is 58.8 Å². The molecule has 0 N–H and O–H groups in total. The van der Waals surface area contributed by atoms with E-state index >= 15 is 0 Å². The average Bonchev–Trinajstić information content (AvgIpc) is 3.25. The molecule has 1 saturated heterocycles. The number of ether oxygens (including phenoxy) is 1. The molecule has 7 heteroatoms. The maximum Gasteiger partial charge on any atom is 0.254 e. The highest BCUT2D eigenvalue weighted by atomic mass is 19.1. The molecule has 1 aliphatic heterocycles. The van der Waals surface area contributed by atoms with Crippen LogP contribution < -0.4 is 4.90 Å². The van der Waals surface area contributed by atoms with Crippen LogP contribution in [0.4, 0.5) is 10.3 Å². The van der Waals surface area contributed by atoms with E-state index in [-0.39, 0.29) is 18.3 Å². The molecule has 0 spiro atoms. The first-order valence-electron chi connectivity index (χ1n) is 11.4. The molecular weight excluding hydrogens is 421 g/mol. The summed E-state index contributed by atoms with van der Waals surface area (Å²) in [7, 11) is 0. The minimum Gasteiger partial charge on any atom is -0.378 e. The van der Waals surface area contributed by atoms with E-state index in [0.29, 0.717) is 61.5 Å². The predicted octanol–water partition coefficient (Wildman–Crippen LogP) is 5.01. The average molecular weight is 452 g/mol. The Balaban J connectivity index is 1.74. The Bertz CT molecular complexity index is 1060. The molecule has 1 fully saturated rings. The lowest BCUT2D eigenvalue weighted by Crippen LogP contribution is -2.37. The SMILES string of the molecule is CC(C)CCN(Cc1c(-c2ccccc2F)noc1N1CCOCC1)C(=O)c1ccccc1. The van der Waals surface area contributed by atoms with Gasteiger partial charge >= 0.3 is 0 Å². The Kier molecular flexibility index (Phi) is 7.40. The number of hydrogen-bond acceptors (Lipinski definition) is 5. The van der Waals surface area contributed by atoms with Crippen LogP contribution in [0.15, 0.2) is 59.1 Å². The second kappa shape index (κ2) is 10.6. The van der Waals surface area contributed by atoms with Crippen LogP contribution in [0.3, 0.4) is 0 Å². The Hall–Kier alpha value is -3.19. The van der Waals surface area contributed by atoms with Gasteiger partial charge in [0.25, 0.3) is 5.91 Å². The van der Waals surface area contributed by atoms with Crippen LogP contribution in [0.2, 0.25) is 0 Å². The van der Waals surface area contributed by atoms with Gasteiger partial charge in [0.1, 0.15) is 11.5 Å². The molecule has 0 bridgehead atoms. The zero-order chi connectivity index (χ0) is 23.2. The van der Waals surface area contributed by atoms with Crippen molar-refractivity contribution in [3.63, 3.8) is 0 Å². The summed E-state index contributed by atoms with van der Waals surface area (Å²) in [5.74, 6) is 0.573. The number of carbonyl (C=O) groups is 1. The first-order chi connectivity index (χ1) is 16.0. The number of amides is 1. The first-order valence-corrected chi connectivity index (χ1v) is 11.4. The zero-order valence-electron chi connectivity index (χ0n) is 19.2. The summed E-state index contributed by atoms with van der Waals surface area (Å²) in [6.45, 7) is 7.58. The monoisotopic (exact) mass is 451 g/mol. The first kappa shape index (κ1) is 23.0. The van der Waals surface area contributed by atoms with E-state index in [1.807, 2.05) is 35.2 Å². The highest BCUT2D eigenvalue weighted by molar-refractivity contribution is 5.94. The molecule has 0 radical (unpaired) electrons. The van der Waals surface area contributed by atoms with E-state index in [4.69, 9.17) is 9.26 Å². The fraction of sp³-hybridized carbons (Fsp3) is 0.385. The van der Waals surface area contributed by atoms with E-state index in [0.717, 1.165) is 12.0 Å². The highest BCUT2D eigenvalue weighted by Crippen LogP contribution is 2.34. The fourth-order valence-corrected chi connectivity index (χ4v) is 3.94. The normalized spacial score (nSPS) is 14.0. The van der Waals surface area contributed by atoms with Gasteiger partial charge in [0.2, 0.25) is 5.88 Å². The molecule has 0 aliphatic carbocycles. The van der Waals surface area contributed by atoms with Gasteiger partial charge in [-0.25, -0.2) is 4.39 Å². The summed E-state index contributed by atoms with van der Waals surface area (Å²) in [6.07, 6.45) is 0.853. The van der Waals surface area contributed by atoms with Crippen LogP contribution in [-0.2, 0) is 11.3 Å². The van der Waals surface area contributed by atoms with Crippen LogP contribution in [0.1, 0.15) is 36.2 Å². The maximum absolute atomic E-state index is 14.7. The van der Waals surface area contributed by atoms with Crippen molar-refractivity contribution in [2.24, 2.45) is 5.92 Å². The summed E-state index contributed by atoms with van der Waals surface area (Å²) in [5.41, 5.74) is 2.14. The van der Waals surface area contributed by atoms with Gasteiger partial charge in [0, 0.05) is 30.8 Å². The molecule has 1 aromatic heterocycles. The van der Waals surface area contributed by atoms with Crippen LogP contribution >= 0.6 is 0 Å². The minimum absolute atomic E-state index is 0.0649. The number of nitrogens with zero attached hydrogens (tertiary/aromatic N) is 3. The fourth-order valence-electron chi connectivity index (χ4n) is 3.94. The van der Waals surface area contributed by atoms with E-state index in [1.165, 1.54) is 6.07 Å². The minimum atomic E-state index is -0.372. The number of hydrogen-bond donors (Lipinski definition) is 0. The van der Waals surface area contributed by atoms with E-state index in [2.05, 4.69) is 23.9 Å². The van der Waals surface area contributed by atoms with E-state index < -0.39 is 0 Å². The molecule has 33 heavy (non-hydrogen) atoms. The van der Waals surface area contributed by atoms with Crippen LogP contribution in [0.25, 0.3) is 11.3 Å². The lowest BCUT2D eigenvalue weighted by molar-refractivity contribution is 0.0735. The van der Waals surface area contributed by atoms with Gasteiger partial charge in [-0.15, -0.1) is 0 Å².